The van der Waals surface area contributed by atoms with E-state index in [9.17, 15) is 20.1 Å². The average molecular weight is 877 g/mol. The van der Waals surface area contributed by atoms with Crippen molar-refractivity contribution in [3.05, 3.63) is 35.4 Å². The van der Waals surface area contributed by atoms with E-state index in [1.54, 1.807) is 7.11 Å². The molecular formula is C58H84O6. The first kappa shape index (κ1) is 44.6. The number of methoxy groups -OCH3 is 1. The summed E-state index contributed by atoms with van der Waals surface area (Å²) in [6.07, 6.45) is 23.8. The van der Waals surface area contributed by atoms with Crippen LogP contribution in [0.4, 0.5) is 0 Å². The Bertz CT molecular complexity index is 2040. The van der Waals surface area contributed by atoms with Crippen LogP contribution in [0.25, 0.3) is 0 Å². The van der Waals surface area contributed by atoms with Gasteiger partial charge in [0, 0.05) is 42.6 Å². The first-order valence-electron chi connectivity index (χ1n) is 27.0. The van der Waals surface area contributed by atoms with Gasteiger partial charge in [-0.2, -0.15) is 0 Å². The minimum absolute atomic E-state index is 0.00872. The van der Waals surface area contributed by atoms with Crippen LogP contribution in [-0.2, 0) is 27.1 Å². The summed E-state index contributed by atoms with van der Waals surface area (Å²) in [4.78, 5) is 13.7. The van der Waals surface area contributed by atoms with Gasteiger partial charge in [0.15, 0.2) is 5.79 Å². The second-order valence-corrected chi connectivity index (χ2v) is 25.9. The molecular weight excluding hydrogens is 793 g/mol. The number of aliphatic hydroxyl groups excluding tert-OH is 1. The molecule has 1 aliphatic heterocycles. The van der Waals surface area contributed by atoms with Crippen molar-refractivity contribution >= 4 is 5.97 Å². The molecule has 1 saturated heterocycles. The Labute approximate surface area is 386 Å². The third kappa shape index (κ3) is 5.75. The zero-order valence-electron chi connectivity index (χ0n) is 40.7. The largest absolute Gasteiger partial charge is 0.481 e. The van der Waals surface area contributed by atoms with Crippen LogP contribution in [0.2, 0.25) is 0 Å². The van der Waals surface area contributed by atoms with Crippen LogP contribution in [0.5, 0.6) is 0 Å². The Hall–Kier alpha value is -1.91. The number of carboxylic acids is 1. The number of aliphatic hydroxyl groups is 2. The lowest BCUT2D eigenvalue weighted by Crippen LogP contribution is -2.79. The Balaban J connectivity index is 1.07. The number of hydrogen-bond donors (Lipinski definition) is 3. The fourth-order valence-electron chi connectivity index (χ4n) is 21.4. The van der Waals surface area contributed by atoms with Gasteiger partial charge in [-0.25, -0.2) is 0 Å². The second kappa shape index (κ2) is 15.3. The van der Waals surface area contributed by atoms with Crippen LogP contribution in [0.15, 0.2) is 24.3 Å². The Kier molecular flexibility index (Phi) is 10.7. The molecule has 19 atom stereocenters. The molecule has 9 fully saturated rings. The molecule has 64 heavy (non-hydrogen) atoms. The van der Waals surface area contributed by atoms with Crippen LogP contribution in [0.1, 0.15) is 181 Å². The van der Waals surface area contributed by atoms with Crippen molar-refractivity contribution in [2.75, 3.05) is 13.7 Å². The van der Waals surface area contributed by atoms with Gasteiger partial charge in [-0.05, 0) is 190 Å². The fourth-order valence-corrected chi connectivity index (χ4v) is 21.4. The van der Waals surface area contributed by atoms with E-state index in [1.807, 2.05) is 0 Å². The minimum Gasteiger partial charge on any atom is -0.481 e. The first-order chi connectivity index (χ1) is 30.6. The molecule has 11 rings (SSSR count). The van der Waals surface area contributed by atoms with Crippen molar-refractivity contribution in [2.45, 2.75) is 200 Å². The maximum absolute atomic E-state index is 13.7. The van der Waals surface area contributed by atoms with E-state index in [0.717, 1.165) is 108 Å². The summed E-state index contributed by atoms with van der Waals surface area (Å²) in [5, 5.41) is 37.2. The van der Waals surface area contributed by atoms with Crippen molar-refractivity contribution in [3.8, 4) is 11.8 Å². The Morgan fingerprint density at radius 1 is 0.828 bits per heavy atom. The Morgan fingerprint density at radius 3 is 2.33 bits per heavy atom. The average Bonchev–Trinajstić information content (AvgIpc) is 3.80. The highest BCUT2D eigenvalue weighted by Gasteiger charge is 2.85. The number of hydrogen-bond acceptors (Lipinski definition) is 5. The molecule has 6 nitrogen and oxygen atoms in total. The molecule has 4 bridgehead atoms. The normalized spacial score (nSPS) is 53.2. The molecule has 1 aromatic rings. The molecule has 10 aliphatic rings. The maximum atomic E-state index is 13.7. The molecule has 352 valence electrons. The van der Waals surface area contributed by atoms with Crippen LogP contribution in [0, 0.1) is 103 Å². The third-order valence-corrected chi connectivity index (χ3v) is 24.0. The number of carbonyl (C=O) groups is 1. The monoisotopic (exact) mass is 877 g/mol. The zero-order chi connectivity index (χ0) is 44.7. The maximum Gasteiger partial charge on any atom is 0.309 e. The van der Waals surface area contributed by atoms with E-state index in [1.165, 1.54) is 62.5 Å². The first-order valence-corrected chi connectivity index (χ1v) is 27.0. The molecule has 0 unspecified atom stereocenters. The number of fused-ring (bicyclic) bond motifs is 3. The molecule has 9 aliphatic carbocycles. The lowest BCUT2D eigenvalue weighted by molar-refractivity contribution is -0.348. The molecule has 3 spiro atoms. The summed E-state index contributed by atoms with van der Waals surface area (Å²) in [7, 11) is 1.76. The number of ether oxygens (including phenoxy) is 2. The van der Waals surface area contributed by atoms with Crippen LogP contribution in [-0.4, -0.2) is 53.0 Å². The van der Waals surface area contributed by atoms with Crippen molar-refractivity contribution in [1.82, 2.24) is 0 Å². The van der Waals surface area contributed by atoms with Gasteiger partial charge in [0.2, 0.25) is 0 Å². The summed E-state index contributed by atoms with van der Waals surface area (Å²) in [6, 6.07) is 9.02. The van der Waals surface area contributed by atoms with Crippen molar-refractivity contribution in [3.63, 3.8) is 0 Å². The van der Waals surface area contributed by atoms with Gasteiger partial charge in [-0.1, -0.05) is 83.6 Å². The smallest absolute Gasteiger partial charge is 0.309 e. The van der Waals surface area contributed by atoms with Crippen molar-refractivity contribution in [2.24, 2.45) is 91.2 Å². The lowest BCUT2D eigenvalue weighted by Gasteiger charge is -2.82. The summed E-state index contributed by atoms with van der Waals surface area (Å²) in [5.74, 6) is 10.8. The number of aliphatic carboxylic acids is 1. The highest BCUT2D eigenvalue weighted by atomic mass is 16.6. The summed E-state index contributed by atoms with van der Waals surface area (Å²) < 4.78 is 12.6. The zero-order valence-corrected chi connectivity index (χ0v) is 40.7. The molecule has 8 saturated carbocycles. The van der Waals surface area contributed by atoms with E-state index in [0.29, 0.717) is 24.4 Å². The van der Waals surface area contributed by atoms with E-state index in [4.69, 9.17) is 9.47 Å². The highest BCUT2D eigenvalue weighted by molar-refractivity contribution is 5.75. The molecule has 1 aromatic carbocycles. The van der Waals surface area contributed by atoms with Gasteiger partial charge in [-0.15, -0.1) is 5.92 Å². The number of rotatable bonds is 9. The van der Waals surface area contributed by atoms with Gasteiger partial charge < -0.3 is 24.8 Å². The van der Waals surface area contributed by atoms with E-state index in [2.05, 4.69) is 70.7 Å². The topological polar surface area (TPSA) is 96.2 Å². The van der Waals surface area contributed by atoms with Crippen LogP contribution in [0.3, 0.4) is 0 Å². The van der Waals surface area contributed by atoms with Gasteiger partial charge >= 0.3 is 5.97 Å². The summed E-state index contributed by atoms with van der Waals surface area (Å²) >= 11 is 0. The molecule has 0 radical (unpaired) electrons. The fraction of sp³-hybridized carbons (Fsp3) is 0.845. The van der Waals surface area contributed by atoms with E-state index in [-0.39, 0.29) is 62.8 Å². The quantitative estimate of drug-likeness (QED) is 0.214. The molecule has 3 N–H and O–H groups in total. The highest BCUT2D eigenvalue weighted by Crippen LogP contribution is 2.88. The molecule has 6 heteroatoms. The Morgan fingerprint density at radius 2 is 1.56 bits per heavy atom. The number of benzene rings is 1. The van der Waals surface area contributed by atoms with Gasteiger partial charge in [0.05, 0.1) is 24.2 Å². The summed E-state index contributed by atoms with van der Waals surface area (Å²) in [5.41, 5.74) is 0.750. The van der Waals surface area contributed by atoms with Crippen LogP contribution >= 0.6 is 0 Å². The molecule has 0 amide bonds. The SMILES string of the molecule is CCC[C@@H]1[C@@]23CC[C@]45C#CC[C@H]([C@@H]6CC[C@@H]7CCC[C@@H]7C6)CC[C@]67[C@H](CC[C@@H]8[C@@H]6[C@@](C)(CC[C@@]74C)CC[C@@]8(C)C(=O)O)C[C@@]5(C)[C@@H]2[C@@H](O)C[C@]1(O)O[C@H]3Cc1ccc(CCOC)cc1. The van der Waals surface area contributed by atoms with Gasteiger partial charge in [0.25, 0.3) is 0 Å². The van der Waals surface area contributed by atoms with Crippen LogP contribution < -0.4 is 0 Å². The van der Waals surface area contributed by atoms with Gasteiger partial charge in [-0.3, -0.25) is 4.79 Å². The second-order valence-electron chi connectivity index (χ2n) is 25.9. The predicted octanol–water partition coefficient (Wildman–Crippen LogP) is 11.8. The molecule has 0 aromatic heterocycles. The standard InChI is InChI=1S/C58H84O6/c1-7-10-46-56-31-30-55-24-9-13-40(42-19-18-39-11-8-12-41(39)34-42)22-25-57-43(20-21-44-48(57)51(2,27-29-54(55,57)5)26-28-52(44,3)50(60)61)35-53(55,4)49(56)45(59)36-58(46,62)64-47(56)33-38-16-14-37(15-17-38)23-32-63-6/h14-17,39-49,59,62H,7-8,10-13,18-23,25-36H2,1-6H3,(H,60,61)/t39-,40-,41+,42+,43+,44+,45-,46+,47-,48+,49-,51+,52+,53-,54+,55-,56+,57-,58-/m0/s1. The van der Waals surface area contributed by atoms with Crippen molar-refractivity contribution in [1.29, 1.82) is 0 Å². The van der Waals surface area contributed by atoms with Crippen molar-refractivity contribution < 1.29 is 29.6 Å². The van der Waals surface area contributed by atoms with Gasteiger partial charge in [0.1, 0.15) is 0 Å². The van der Waals surface area contributed by atoms with E-state index < -0.39 is 23.3 Å². The third-order valence-electron chi connectivity index (χ3n) is 24.0. The summed E-state index contributed by atoms with van der Waals surface area (Å²) in [6.45, 7) is 13.1. The lowest BCUT2D eigenvalue weighted by atomic mass is 9.21. The minimum atomic E-state index is -1.35. The molecule has 1 heterocycles. The number of carboxylic acid groups (broad SMARTS) is 1. The predicted molar refractivity (Wildman–Crippen MR) is 251 cm³/mol. The van der Waals surface area contributed by atoms with E-state index >= 15 is 0 Å².